The smallest absolute Gasteiger partial charge is 0.387 e. The molecule has 0 spiro atoms. The SMILES string of the molecule is C=CCC(F)c1cccc(C#Cc2ccc(OC(F)F)cc2)c1.C=CCC(F)c1cccc(C(=O)C(=O)c2ccc(OC(F)F)cc2)c1. The summed E-state index contributed by atoms with van der Waals surface area (Å²) in [4.78, 5) is 24.5. The Hall–Kier alpha value is -5.56. The van der Waals surface area contributed by atoms with Crippen LogP contribution in [-0.4, -0.2) is 24.8 Å². The molecule has 0 saturated carbocycles. The monoisotopic (exact) mass is 664 g/mol. The first-order chi connectivity index (χ1) is 23.0. The van der Waals surface area contributed by atoms with E-state index in [1.54, 1.807) is 36.4 Å². The van der Waals surface area contributed by atoms with Crippen molar-refractivity contribution in [3.63, 3.8) is 0 Å². The van der Waals surface area contributed by atoms with Gasteiger partial charge in [-0.05, 0) is 77.9 Å². The zero-order chi connectivity index (χ0) is 35.1. The molecule has 4 aromatic rings. The summed E-state index contributed by atoms with van der Waals surface area (Å²) in [6, 6.07) is 23.5. The van der Waals surface area contributed by atoms with E-state index in [2.05, 4.69) is 34.5 Å². The first kappa shape index (κ1) is 36.9. The molecular weight excluding hydrogens is 634 g/mol. The second kappa shape index (κ2) is 18.6. The lowest BCUT2D eigenvalue weighted by Gasteiger charge is -2.08. The molecule has 2 unspecified atom stereocenters. The molecule has 4 nitrogen and oxygen atoms in total. The molecule has 4 rings (SSSR count). The summed E-state index contributed by atoms with van der Waals surface area (Å²) in [5, 5.41) is 0. The van der Waals surface area contributed by atoms with Gasteiger partial charge in [-0.15, -0.1) is 13.2 Å². The minimum Gasteiger partial charge on any atom is -0.435 e. The van der Waals surface area contributed by atoms with Gasteiger partial charge in [0.15, 0.2) is 0 Å². The van der Waals surface area contributed by atoms with Crippen LogP contribution in [0.15, 0.2) is 122 Å². The number of halogens is 6. The maximum Gasteiger partial charge on any atom is 0.387 e. The summed E-state index contributed by atoms with van der Waals surface area (Å²) >= 11 is 0. The van der Waals surface area contributed by atoms with Crippen LogP contribution in [-0.2, 0) is 0 Å². The Labute approximate surface area is 274 Å². The van der Waals surface area contributed by atoms with Gasteiger partial charge in [-0.3, -0.25) is 9.59 Å². The Balaban J connectivity index is 0.000000261. The molecule has 4 aromatic carbocycles. The van der Waals surface area contributed by atoms with Crippen LogP contribution >= 0.6 is 0 Å². The summed E-state index contributed by atoms with van der Waals surface area (Å²) < 4.78 is 84.5. The van der Waals surface area contributed by atoms with Crippen LogP contribution in [0, 0.1) is 11.8 Å². The van der Waals surface area contributed by atoms with Crippen molar-refractivity contribution in [3.8, 4) is 23.3 Å². The summed E-state index contributed by atoms with van der Waals surface area (Å²) in [5.74, 6) is 4.16. The van der Waals surface area contributed by atoms with Crippen LogP contribution in [0.2, 0.25) is 0 Å². The molecular formula is C38H30F6O4. The second-order valence-electron chi connectivity index (χ2n) is 9.95. The number of hydrogen-bond acceptors (Lipinski definition) is 4. The van der Waals surface area contributed by atoms with Crippen molar-refractivity contribution in [2.45, 2.75) is 38.4 Å². The van der Waals surface area contributed by atoms with Crippen LogP contribution in [0.5, 0.6) is 11.5 Å². The van der Waals surface area contributed by atoms with Gasteiger partial charge in [0.1, 0.15) is 23.8 Å². The van der Waals surface area contributed by atoms with Gasteiger partial charge >= 0.3 is 13.2 Å². The molecule has 0 amide bonds. The summed E-state index contributed by atoms with van der Waals surface area (Å²) in [7, 11) is 0. The standard InChI is InChI=1S/C19H15F3O3.C19H15F3O/c1-2-4-16(20)13-5-3-6-14(11-13)18(24)17(23)12-7-9-15(10-8-12)25-19(21)22;1-2-4-18(20)16-6-3-5-15(13-16)8-7-14-9-11-17(12-10-14)23-19(21)22/h2-3,5-11,16,19H,1,4H2;2-3,5-6,9-13,18-19H,1,4H2. The van der Waals surface area contributed by atoms with Crippen LogP contribution < -0.4 is 9.47 Å². The number of ether oxygens (including phenoxy) is 2. The third-order valence-corrected chi connectivity index (χ3v) is 6.48. The van der Waals surface area contributed by atoms with E-state index in [-0.39, 0.29) is 41.0 Å². The molecule has 0 heterocycles. The number of carbonyl (C=O) groups excluding carboxylic acids is 2. The Morgan fingerprint density at radius 3 is 1.56 bits per heavy atom. The van der Waals surface area contributed by atoms with Crippen molar-refractivity contribution in [2.75, 3.05) is 0 Å². The fourth-order valence-electron chi connectivity index (χ4n) is 4.16. The number of carbonyl (C=O) groups is 2. The van der Waals surface area contributed by atoms with Crippen molar-refractivity contribution in [3.05, 3.63) is 156 Å². The first-order valence-corrected chi connectivity index (χ1v) is 14.4. The Bertz CT molecular complexity index is 1740. The van der Waals surface area contributed by atoms with Crippen LogP contribution in [0.1, 0.15) is 68.2 Å². The zero-order valence-electron chi connectivity index (χ0n) is 25.4. The van der Waals surface area contributed by atoms with E-state index in [1.807, 2.05) is 0 Å². The molecule has 0 aliphatic heterocycles. The number of hydrogen-bond donors (Lipinski definition) is 0. The van der Waals surface area contributed by atoms with E-state index in [1.165, 1.54) is 72.8 Å². The number of ketones is 2. The average Bonchev–Trinajstić information content (AvgIpc) is 3.08. The predicted octanol–water partition coefficient (Wildman–Crippen LogP) is 10.2. The predicted molar refractivity (Wildman–Crippen MR) is 171 cm³/mol. The third-order valence-electron chi connectivity index (χ3n) is 6.48. The molecule has 10 heteroatoms. The van der Waals surface area contributed by atoms with Gasteiger partial charge in [0.25, 0.3) is 0 Å². The summed E-state index contributed by atoms with van der Waals surface area (Å²) in [5.41, 5.74) is 2.25. The Kier molecular flexibility index (Phi) is 14.3. The van der Waals surface area contributed by atoms with Crippen molar-refractivity contribution < 1.29 is 45.4 Å². The fraction of sp³-hybridized carbons (Fsp3) is 0.158. The van der Waals surface area contributed by atoms with E-state index < -0.39 is 37.1 Å². The van der Waals surface area contributed by atoms with E-state index >= 15 is 0 Å². The van der Waals surface area contributed by atoms with Crippen LogP contribution in [0.3, 0.4) is 0 Å². The molecule has 0 aliphatic rings. The maximum atomic E-state index is 13.9. The molecule has 0 aromatic heterocycles. The first-order valence-electron chi connectivity index (χ1n) is 14.4. The maximum absolute atomic E-state index is 13.9. The van der Waals surface area contributed by atoms with Gasteiger partial charge in [0.05, 0.1) is 0 Å². The number of rotatable bonds is 13. The van der Waals surface area contributed by atoms with Crippen molar-refractivity contribution in [1.29, 1.82) is 0 Å². The van der Waals surface area contributed by atoms with Gasteiger partial charge in [0.2, 0.25) is 11.6 Å². The van der Waals surface area contributed by atoms with Gasteiger partial charge in [-0.2, -0.15) is 17.6 Å². The topological polar surface area (TPSA) is 52.6 Å². The number of benzene rings is 4. The molecule has 0 radical (unpaired) electrons. The Morgan fingerprint density at radius 2 is 1.04 bits per heavy atom. The minimum absolute atomic E-state index is 0.0277. The lowest BCUT2D eigenvalue weighted by Crippen LogP contribution is -2.15. The number of alkyl halides is 6. The van der Waals surface area contributed by atoms with Crippen LogP contribution in [0.4, 0.5) is 26.3 Å². The largest absolute Gasteiger partial charge is 0.435 e. The average molecular weight is 665 g/mol. The summed E-state index contributed by atoms with van der Waals surface area (Å²) in [6.45, 7) is 1.16. The quantitative estimate of drug-likeness (QED) is 0.0469. The highest BCUT2D eigenvalue weighted by molar-refractivity contribution is 6.49. The Morgan fingerprint density at radius 1 is 0.583 bits per heavy atom. The zero-order valence-corrected chi connectivity index (χ0v) is 25.4. The lowest BCUT2D eigenvalue weighted by atomic mass is 9.98. The highest BCUT2D eigenvalue weighted by Crippen LogP contribution is 2.24. The number of Topliss-reactive ketones (excluding diaryl/α,β-unsaturated/α-hetero) is 2. The van der Waals surface area contributed by atoms with Gasteiger partial charge in [-0.25, -0.2) is 8.78 Å². The van der Waals surface area contributed by atoms with Crippen LogP contribution in [0.25, 0.3) is 0 Å². The lowest BCUT2D eigenvalue weighted by molar-refractivity contribution is -0.0505. The minimum atomic E-state index is -2.98. The summed E-state index contributed by atoms with van der Waals surface area (Å²) in [6.07, 6.45) is 0.894. The molecule has 0 bridgehead atoms. The van der Waals surface area contributed by atoms with E-state index in [0.29, 0.717) is 16.7 Å². The van der Waals surface area contributed by atoms with E-state index in [4.69, 9.17) is 0 Å². The second-order valence-corrected chi connectivity index (χ2v) is 9.95. The normalized spacial score (nSPS) is 11.7. The van der Waals surface area contributed by atoms with E-state index in [0.717, 1.165) is 0 Å². The highest BCUT2D eigenvalue weighted by Gasteiger charge is 2.20. The van der Waals surface area contributed by atoms with E-state index in [9.17, 15) is 35.9 Å². The fourth-order valence-corrected chi connectivity index (χ4v) is 4.16. The van der Waals surface area contributed by atoms with Crippen molar-refractivity contribution >= 4 is 11.6 Å². The molecule has 2 atom stereocenters. The van der Waals surface area contributed by atoms with Gasteiger partial charge in [0, 0.05) is 35.1 Å². The molecule has 0 fully saturated rings. The van der Waals surface area contributed by atoms with Crippen molar-refractivity contribution in [1.82, 2.24) is 0 Å². The highest BCUT2D eigenvalue weighted by atomic mass is 19.3. The molecule has 48 heavy (non-hydrogen) atoms. The molecule has 0 aliphatic carbocycles. The molecule has 0 N–H and O–H groups in total. The third kappa shape index (κ3) is 11.7. The van der Waals surface area contributed by atoms with Gasteiger partial charge in [-0.1, -0.05) is 54.3 Å². The van der Waals surface area contributed by atoms with Gasteiger partial charge < -0.3 is 9.47 Å². The molecule has 248 valence electrons. The molecule has 0 saturated heterocycles. The van der Waals surface area contributed by atoms with Crippen molar-refractivity contribution in [2.24, 2.45) is 0 Å². The number of allylic oxidation sites excluding steroid dienone is 2.